The van der Waals surface area contributed by atoms with Crippen molar-refractivity contribution in [2.75, 3.05) is 5.32 Å². The predicted molar refractivity (Wildman–Crippen MR) is 63.5 cm³/mol. The first-order valence-electron chi connectivity index (χ1n) is 5.41. The lowest BCUT2D eigenvalue weighted by atomic mass is 10.1. The second kappa shape index (κ2) is 5.59. The van der Waals surface area contributed by atoms with Crippen LogP contribution in [0.2, 0.25) is 0 Å². The molecule has 1 N–H and O–H groups in total. The lowest BCUT2D eigenvalue weighted by molar-refractivity contribution is -0.143. The molecule has 1 amide bonds. The predicted octanol–water partition coefficient (Wildman–Crippen LogP) is 4.58. The van der Waals surface area contributed by atoms with E-state index in [4.69, 9.17) is 0 Å². The van der Waals surface area contributed by atoms with Gasteiger partial charge in [0, 0.05) is 5.38 Å². The molecule has 1 aromatic carbocycles. The third-order valence-corrected chi connectivity index (χ3v) is 3.25. The number of anilines is 1. The largest absolute Gasteiger partial charge is 0.422 e. The average molecular weight is 343 g/mol. The van der Waals surface area contributed by atoms with E-state index in [1.165, 1.54) is 22.1 Å². The summed E-state index contributed by atoms with van der Waals surface area (Å²) in [5.41, 5.74) is -4.40. The summed E-state index contributed by atoms with van der Waals surface area (Å²) in [5.74, 6) is -11.1. The molecule has 0 saturated heterocycles. The summed E-state index contributed by atoms with van der Waals surface area (Å²) in [5, 5.41) is 4.22. The van der Waals surface area contributed by atoms with Gasteiger partial charge in [-0.1, -0.05) is 0 Å². The van der Waals surface area contributed by atoms with E-state index in [1.54, 1.807) is 0 Å². The van der Waals surface area contributed by atoms with Gasteiger partial charge >= 0.3 is 6.18 Å². The minimum absolute atomic E-state index is 0.0792. The molecule has 0 aliphatic carbocycles. The maximum absolute atomic E-state index is 13.5. The van der Waals surface area contributed by atoms with E-state index >= 15 is 0 Å². The molecule has 0 aliphatic rings. The van der Waals surface area contributed by atoms with Gasteiger partial charge in [0.15, 0.2) is 23.3 Å². The van der Waals surface area contributed by atoms with Gasteiger partial charge < -0.3 is 5.32 Å². The van der Waals surface area contributed by atoms with Crippen molar-refractivity contribution in [1.29, 1.82) is 0 Å². The van der Waals surface area contributed by atoms with Crippen LogP contribution in [-0.4, -0.2) is 5.91 Å². The van der Waals surface area contributed by atoms with Gasteiger partial charge in [0.05, 0.1) is 5.56 Å². The van der Waals surface area contributed by atoms with Crippen LogP contribution in [0.5, 0.6) is 0 Å². The Morgan fingerprint density at radius 3 is 1.95 bits per heavy atom. The number of carbonyl (C=O) groups excluding carboxylic acids is 1. The number of hydrogen-bond donors (Lipinski definition) is 1. The summed E-state index contributed by atoms with van der Waals surface area (Å²) in [6, 6.07) is 1.24. The van der Waals surface area contributed by atoms with Crippen molar-refractivity contribution >= 4 is 22.9 Å². The monoisotopic (exact) mass is 343 g/mol. The van der Waals surface area contributed by atoms with E-state index in [0.29, 0.717) is 0 Å². The van der Waals surface area contributed by atoms with Gasteiger partial charge in [-0.05, 0) is 11.4 Å². The topological polar surface area (TPSA) is 29.1 Å². The molecule has 0 spiro atoms. The molecule has 118 valence electrons. The molecule has 0 aliphatic heterocycles. The molecular formula is C12H4F7NOS. The summed E-state index contributed by atoms with van der Waals surface area (Å²) in [7, 11) is 0. The molecule has 2 nitrogen and oxygen atoms in total. The number of benzene rings is 1. The Morgan fingerprint density at radius 2 is 1.55 bits per heavy atom. The van der Waals surface area contributed by atoms with E-state index in [-0.39, 0.29) is 5.56 Å². The SMILES string of the molecule is O=C(Nc1c(F)c(F)c(C(F)(F)F)c(F)c1F)c1ccsc1. The van der Waals surface area contributed by atoms with E-state index < -0.39 is 46.6 Å². The molecule has 2 rings (SSSR count). The number of amides is 1. The smallest absolute Gasteiger partial charge is 0.317 e. The highest BCUT2D eigenvalue weighted by Gasteiger charge is 2.42. The third-order valence-electron chi connectivity index (χ3n) is 2.57. The molecule has 1 heterocycles. The van der Waals surface area contributed by atoms with Gasteiger partial charge in [-0.15, -0.1) is 0 Å². The Morgan fingerprint density at radius 1 is 1.00 bits per heavy atom. The first kappa shape index (κ1) is 16.3. The molecule has 10 heteroatoms. The quantitative estimate of drug-likeness (QED) is 0.628. The zero-order chi connectivity index (χ0) is 16.7. The number of carbonyl (C=O) groups is 1. The molecule has 0 radical (unpaired) electrons. The van der Waals surface area contributed by atoms with Crippen LogP contribution in [-0.2, 0) is 6.18 Å². The number of hydrogen-bond acceptors (Lipinski definition) is 2. The summed E-state index contributed by atoms with van der Waals surface area (Å²) >= 11 is 1.05. The fraction of sp³-hybridized carbons (Fsp3) is 0.0833. The van der Waals surface area contributed by atoms with Crippen molar-refractivity contribution in [3.8, 4) is 0 Å². The van der Waals surface area contributed by atoms with Crippen molar-refractivity contribution in [1.82, 2.24) is 0 Å². The molecule has 0 atom stereocenters. The third kappa shape index (κ3) is 2.78. The first-order chi connectivity index (χ1) is 10.1. The van der Waals surface area contributed by atoms with Gasteiger partial charge in [0.2, 0.25) is 0 Å². The molecule has 0 bridgehead atoms. The Bertz CT molecular complexity index is 695. The number of alkyl halides is 3. The Hall–Kier alpha value is -2.10. The molecule has 1 aromatic heterocycles. The van der Waals surface area contributed by atoms with Crippen molar-refractivity contribution in [3.63, 3.8) is 0 Å². The van der Waals surface area contributed by atoms with Crippen molar-refractivity contribution in [2.45, 2.75) is 6.18 Å². The van der Waals surface area contributed by atoms with Crippen LogP contribution in [0.1, 0.15) is 15.9 Å². The Labute approximate surface area is 122 Å². The molecule has 22 heavy (non-hydrogen) atoms. The van der Waals surface area contributed by atoms with E-state index in [1.807, 2.05) is 0 Å². The highest BCUT2D eigenvalue weighted by molar-refractivity contribution is 7.08. The number of rotatable bonds is 2. The maximum Gasteiger partial charge on any atom is 0.422 e. The molecule has 0 fully saturated rings. The minimum Gasteiger partial charge on any atom is -0.317 e. The van der Waals surface area contributed by atoms with Crippen molar-refractivity contribution in [3.05, 3.63) is 51.2 Å². The van der Waals surface area contributed by atoms with Crippen LogP contribution in [0.25, 0.3) is 0 Å². The number of thiophene rings is 1. The van der Waals surface area contributed by atoms with Gasteiger partial charge in [0.1, 0.15) is 11.3 Å². The molecule has 2 aromatic rings. The highest BCUT2D eigenvalue weighted by Crippen LogP contribution is 2.38. The minimum atomic E-state index is -5.63. The Kier molecular flexibility index (Phi) is 4.14. The zero-order valence-corrected chi connectivity index (χ0v) is 11.0. The maximum atomic E-state index is 13.5. The number of nitrogens with one attached hydrogen (secondary N) is 1. The first-order valence-corrected chi connectivity index (χ1v) is 6.35. The second-order valence-electron chi connectivity index (χ2n) is 3.97. The fourth-order valence-corrected chi connectivity index (χ4v) is 2.21. The molecule has 0 unspecified atom stereocenters. The van der Waals surface area contributed by atoms with Crippen LogP contribution in [0, 0.1) is 23.3 Å². The normalized spacial score (nSPS) is 11.6. The molecule has 0 saturated carbocycles. The van der Waals surface area contributed by atoms with E-state index in [0.717, 1.165) is 11.3 Å². The highest BCUT2D eigenvalue weighted by atomic mass is 32.1. The summed E-state index contributed by atoms with van der Waals surface area (Å²) in [6.45, 7) is 0. The lowest BCUT2D eigenvalue weighted by Gasteiger charge is -2.14. The van der Waals surface area contributed by atoms with E-state index in [2.05, 4.69) is 0 Å². The summed E-state index contributed by atoms with van der Waals surface area (Å²) in [4.78, 5) is 11.6. The van der Waals surface area contributed by atoms with Crippen LogP contribution < -0.4 is 5.32 Å². The van der Waals surface area contributed by atoms with Gasteiger partial charge in [-0.2, -0.15) is 24.5 Å². The standard InChI is InChI=1S/C12H4F7NOS/c13-6-5(12(17,18)19)7(14)9(16)10(8(6)15)20-11(21)4-1-2-22-3-4/h1-3H,(H,20,21). The van der Waals surface area contributed by atoms with Gasteiger partial charge in [0.25, 0.3) is 5.91 Å². The van der Waals surface area contributed by atoms with Crippen LogP contribution in [0.3, 0.4) is 0 Å². The van der Waals surface area contributed by atoms with Crippen LogP contribution in [0.4, 0.5) is 36.4 Å². The lowest BCUT2D eigenvalue weighted by Crippen LogP contribution is -2.20. The number of halogens is 7. The van der Waals surface area contributed by atoms with Gasteiger partial charge in [-0.25, -0.2) is 17.6 Å². The summed E-state index contributed by atoms with van der Waals surface area (Å²) in [6.07, 6.45) is -5.63. The average Bonchev–Trinajstić information content (AvgIpc) is 2.94. The van der Waals surface area contributed by atoms with Crippen LogP contribution >= 0.6 is 11.3 Å². The van der Waals surface area contributed by atoms with E-state index in [9.17, 15) is 35.5 Å². The zero-order valence-electron chi connectivity index (χ0n) is 10.2. The second-order valence-corrected chi connectivity index (χ2v) is 4.75. The van der Waals surface area contributed by atoms with Crippen LogP contribution in [0.15, 0.2) is 16.8 Å². The van der Waals surface area contributed by atoms with Crippen molar-refractivity contribution in [2.24, 2.45) is 0 Å². The van der Waals surface area contributed by atoms with Crippen molar-refractivity contribution < 1.29 is 35.5 Å². The summed E-state index contributed by atoms with van der Waals surface area (Å²) < 4.78 is 90.9. The fourth-order valence-electron chi connectivity index (χ4n) is 1.57. The molecular weight excluding hydrogens is 339 g/mol. The Balaban J connectivity index is 2.53. The van der Waals surface area contributed by atoms with Gasteiger partial charge in [-0.3, -0.25) is 4.79 Å².